The molecule has 1 saturated carbocycles. The summed E-state index contributed by atoms with van der Waals surface area (Å²) in [4.78, 5) is 7.10. The number of rotatable bonds is 4. The summed E-state index contributed by atoms with van der Waals surface area (Å²) in [5.41, 5.74) is 0. The number of guanidine groups is 1. The predicted octanol–water partition coefficient (Wildman–Crippen LogP) is 1.61. The van der Waals surface area contributed by atoms with Crippen LogP contribution >= 0.6 is 24.0 Å². The molecule has 2 aliphatic heterocycles. The molecule has 3 fully saturated rings. The normalized spacial score (nSPS) is 34.2. The van der Waals surface area contributed by atoms with Crippen LogP contribution in [-0.4, -0.2) is 73.7 Å². The fraction of sp³-hybridized carbons (Fsp3) is 0.941. The van der Waals surface area contributed by atoms with Crippen molar-refractivity contribution < 1.29 is 14.6 Å². The molecule has 2 N–H and O–H groups in total. The first-order valence-corrected chi connectivity index (χ1v) is 9.22. The highest BCUT2D eigenvalue weighted by Gasteiger charge is 2.32. The molecule has 0 spiro atoms. The van der Waals surface area contributed by atoms with Gasteiger partial charge in [0.25, 0.3) is 0 Å². The molecule has 0 radical (unpaired) electrons. The molecule has 2 heterocycles. The number of morpholine rings is 1. The third-order valence-electron chi connectivity index (χ3n) is 5.20. The topological polar surface area (TPSA) is 66.3 Å². The van der Waals surface area contributed by atoms with Crippen LogP contribution in [0.15, 0.2) is 4.99 Å². The van der Waals surface area contributed by atoms with E-state index in [4.69, 9.17) is 14.5 Å². The van der Waals surface area contributed by atoms with Crippen molar-refractivity contribution in [1.82, 2.24) is 10.2 Å². The third kappa shape index (κ3) is 5.19. The van der Waals surface area contributed by atoms with Crippen LogP contribution < -0.4 is 5.32 Å². The highest BCUT2D eigenvalue weighted by molar-refractivity contribution is 14.0. The Morgan fingerprint density at radius 3 is 2.67 bits per heavy atom. The second kappa shape index (κ2) is 10.1. The zero-order chi connectivity index (χ0) is 16.1. The van der Waals surface area contributed by atoms with Crippen molar-refractivity contribution in [2.75, 3.05) is 39.4 Å². The van der Waals surface area contributed by atoms with Crippen molar-refractivity contribution in [3.8, 4) is 0 Å². The van der Waals surface area contributed by atoms with Crippen LogP contribution in [0, 0.1) is 5.92 Å². The maximum absolute atomic E-state index is 9.99. The van der Waals surface area contributed by atoms with E-state index in [-0.39, 0.29) is 42.3 Å². The highest BCUT2D eigenvalue weighted by atomic mass is 127. The van der Waals surface area contributed by atoms with Gasteiger partial charge in [0.15, 0.2) is 5.96 Å². The fourth-order valence-corrected chi connectivity index (χ4v) is 3.85. The molecule has 0 aromatic rings. The van der Waals surface area contributed by atoms with E-state index in [1.165, 1.54) is 0 Å². The lowest BCUT2D eigenvalue weighted by molar-refractivity contribution is -0.0817. The van der Waals surface area contributed by atoms with E-state index in [0.29, 0.717) is 12.5 Å². The molecule has 3 aliphatic rings. The Morgan fingerprint density at radius 2 is 2.00 bits per heavy atom. The zero-order valence-electron chi connectivity index (χ0n) is 14.7. The standard InChI is InChI=1S/C17H31N3O3.HI/c1-2-18-17(19-11-13-5-3-6-14(13)21)20-8-10-23-16(12-20)15-7-4-9-22-15;/h13-16,21H,2-12H2,1H3,(H,18,19);1H. The van der Waals surface area contributed by atoms with Gasteiger partial charge in [0, 0.05) is 38.7 Å². The molecular formula is C17H32IN3O3. The molecule has 0 bridgehead atoms. The molecule has 2 saturated heterocycles. The number of aliphatic hydroxyl groups excluding tert-OH is 1. The van der Waals surface area contributed by atoms with Crippen LogP contribution in [0.5, 0.6) is 0 Å². The predicted molar refractivity (Wildman–Crippen MR) is 105 cm³/mol. The summed E-state index contributed by atoms with van der Waals surface area (Å²) in [5, 5.41) is 13.4. The number of hydrogen-bond acceptors (Lipinski definition) is 4. The Bertz CT molecular complexity index is 405. The van der Waals surface area contributed by atoms with Crippen molar-refractivity contribution in [2.45, 2.75) is 57.3 Å². The van der Waals surface area contributed by atoms with Crippen molar-refractivity contribution in [3.05, 3.63) is 0 Å². The lowest BCUT2D eigenvalue weighted by Crippen LogP contribution is -2.53. The fourth-order valence-electron chi connectivity index (χ4n) is 3.85. The summed E-state index contributed by atoms with van der Waals surface area (Å²) in [7, 11) is 0. The van der Waals surface area contributed by atoms with Crippen molar-refractivity contribution in [1.29, 1.82) is 0 Å². The summed E-state index contributed by atoms with van der Waals surface area (Å²) < 4.78 is 11.7. The Kier molecular flexibility index (Phi) is 8.53. The van der Waals surface area contributed by atoms with Crippen LogP contribution in [0.4, 0.5) is 0 Å². The largest absolute Gasteiger partial charge is 0.393 e. The molecule has 1 aliphatic carbocycles. The van der Waals surface area contributed by atoms with E-state index >= 15 is 0 Å². The Morgan fingerprint density at radius 1 is 1.17 bits per heavy atom. The molecule has 24 heavy (non-hydrogen) atoms. The van der Waals surface area contributed by atoms with Gasteiger partial charge in [-0.2, -0.15) is 0 Å². The molecule has 0 amide bonds. The molecule has 3 rings (SSSR count). The SMILES string of the molecule is CCNC(=NCC1CCCC1O)N1CCOC(C2CCCO2)C1.I. The van der Waals surface area contributed by atoms with E-state index in [9.17, 15) is 5.11 Å². The van der Waals surface area contributed by atoms with Gasteiger partial charge in [-0.1, -0.05) is 6.42 Å². The van der Waals surface area contributed by atoms with Crippen LogP contribution in [-0.2, 0) is 9.47 Å². The minimum atomic E-state index is -0.175. The zero-order valence-corrected chi connectivity index (χ0v) is 17.0. The minimum Gasteiger partial charge on any atom is -0.393 e. The number of nitrogens with one attached hydrogen (secondary N) is 1. The van der Waals surface area contributed by atoms with Gasteiger partial charge < -0.3 is 24.8 Å². The number of ether oxygens (including phenoxy) is 2. The highest BCUT2D eigenvalue weighted by Crippen LogP contribution is 2.26. The lowest BCUT2D eigenvalue weighted by Gasteiger charge is -2.37. The monoisotopic (exact) mass is 453 g/mol. The minimum absolute atomic E-state index is 0. The summed E-state index contributed by atoms with van der Waals surface area (Å²) in [6, 6.07) is 0. The molecule has 140 valence electrons. The number of halogens is 1. The first-order chi connectivity index (χ1) is 11.3. The van der Waals surface area contributed by atoms with Gasteiger partial charge in [0.1, 0.15) is 6.10 Å². The first kappa shape index (κ1) is 20.2. The van der Waals surface area contributed by atoms with Crippen LogP contribution in [0.3, 0.4) is 0 Å². The molecule has 7 heteroatoms. The maximum Gasteiger partial charge on any atom is 0.194 e. The summed E-state index contributed by atoms with van der Waals surface area (Å²) in [6.45, 7) is 6.95. The molecule has 6 nitrogen and oxygen atoms in total. The third-order valence-corrected chi connectivity index (χ3v) is 5.20. The van der Waals surface area contributed by atoms with Gasteiger partial charge in [0.05, 0.1) is 18.8 Å². The van der Waals surface area contributed by atoms with Crippen molar-refractivity contribution in [3.63, 3.8) is 0 Å². The van der Waals surface area contributed by atoms with E-state index < -0.39 is 0 Å². The Balaban J connectivity index is 0.00000208. The van der Waals surface area contributed by atoms with Crippen LogP contribution in [0.1, 0.15) is 39.0 Å². The quantitative estimate of drug-likeness (QED) is 0.385. The Labute approximate surface area is 162 Å². The van der Waals surface area contributed by atoms with Crippen molar-refractivity contribution in [2.24, 2.45) is 10.9 Å². The molecular weight excluding hydrogens is 421 g/mol. The number of aliphatic imine (C=N–C) groups is 1. The van der Waals surface area contributed by atoms with Gasteiger partial charge in [-0.25, -0.2) is 0 Å². The van der Waals surface area contributed by atoms with E-state index in [0.717, 1.165) is 70.9 Å². The summed E-state index contributed by atoms with van der Waals surface area (Å²) >= 11 is 0. The van der Waals surface area contributed by atoms with Gasteiger partial charge in [-0.3, -0.25) is 4.99 Å². The van der Waals surface area contributed by atoms with Crippen molar-refractivity contribution >= 4 is 29.9 Å². The number of hydrogen-bond donors (Lipinski definition) is 2. The van der Waals surface area contributed by atoms with Crippen LogP contribution in [0.25, 0.3) is 0 Å². The molecule has 4 unspecified atom stereocenters. The lowest BCUT2D eigenvalue weighted by atomic mass is 10.1. The maximum atomic E-state index is 9.99. The average Bonchev–Trinajstić information content (AvgIpc) is 3.23. The molecule has 0 aromatic carbocycles. The van der Waals surface area contributed by atoms with E-state index in [2.05, 4.69) is 17.1 Å². The van der Waals surface area contributed by atoms with E-state index in [1.54, 1.807) is 0 Å². The average molecular weight is 453 g/mol. The van der Waals surface area contributed by atoms with E-state index in [1.807, 2.05) is 0 Å². The number of aliphatic hydroxyl groups is 1. The van der Waals surface area contributed by atoms with Gasteiger partial charge in [-0.15, -0.1) is 24.0 Å². The van der Waals surface area contributed by atoms with Crippen LogP contribution in [0.2, 0.25) is 0 Å². The van der Waals surface area contributed by atoms with Gasteiger partial charge in [-0.05, 0) is 32.6 Å². The summed E-state index contributed by atoms with van der Waals surface area (Å²) in [5.74, 6) is 1.27. The second-order valence-corrected chi connectivity index (χ2v) is 6.86. The molecule has 4 atom stereocenters. The van der Waals surface area contributed by atoms with Gasteiger partial charge >= 0.3 is 0 Å². The Hall–Kier alpha value is -0.120. The second-order valence-electron chi connectivity index (χ2n) is 6.86. The first-order valence-electron chi connectivity index (χ1n) is 9.22. The van der Waals surface area contributed by atoms with Gasteiger partial charge in [0.2, 0.25) is 0 Å². The number of nitrogens with zero attached hydrogens (tertiary/aromatic N) is 2. The molecule has 0 aromatic heterocycles. The summed E-state index contributed by atoms with van der Waals surface area (Å²) in [6.07, 6.45) is 5.58. The smallest absolute Gasteiger partial charge is 0.194 e.